The monoisotopic (exact) mass is 456 g/mol. The SMILES string of the molecule is NC(=O)COCOCCCn1cnc2cc(C(=O)Nc3nnc(-c4ccco4)s3)ccc21. The Morgan fingerprint density at radius 2 is 2.12 bits per heavy atom. The molecule has 0 aliphatic rings. The molecule has 0 saturated carbocycles. The van der Waals surface area contributed by atoms with Gasteiger partial charge in [0.15, 0.2) is 10.8 Å². The van der Waals surface area contributed by atoms with Gasteiger partial charge in [0.05, 0.1) is 30.2 Å². The first-order valence-corrected chi connectivity index (χ1v) is 10.5. The normalized spacial score (nSPS) is 11.1. The van der Waals surface area contributed by atoms with Crippen LogP contribution >= 0.6 is 11.3 Å². The molecule has 0 unspecified atom stereocenters. The number of primary amides is 1. The Labute approximate surface area is 186 Å². The predicted molar refractivity (Wildman–Crippen MR) is 116 cm³/mol. The van der Waals surface area contributed by atoms with Gasteiger partial charge in [-0.05, 0) is 36.8 Å². The molecule has 3 heterocycles. The minimum Gasteiger partial charge on any atom is -0.462 e. The molecule has 0 bridgehead atoms. The van der Waals surface area contributed by atoms with Crippen LogP contribution in [0.4, 0.5) is 5.13 Å². The number of amides is 2. The quantitative estimate of drug-likeness (QED) is 0.258. The number of furan rings is 1. The molecule has 3 N–H and O–H groups in total. The van der Waals surface area contributed by atoms with Gasteiger partial charge < -0.3 is 24.2 Å². The third-order valence-electron chi connectivity index (χ3n) is 4.36. The van der Waals surface area contributed by atoms with Crippen LogP contribution in [-0.4, -0.2) is 51.6 Å². The van der Waals surface area contributed by atoms with E-state index in [-0.39, 0.29) is 19.3 Å². The van der Waals surface area contributed by atoms with Crippen molar-refractivity contribution in [3.63, 3.8) is 0 Å². The largest absolute Gasteiger partial charge is 0.462 e. The summed E-state index contributed by atoms with van der Waals surface area (Å²) < 4.78 is 17.5. The molecule has 2 amide bonds. The zero-order valence-electron chi connectivity index (χ0n) is 16.9. The summed E-state index contributed by atoms with van der Waals surface area (Å²) >= 11 is 1.23. The van der Waals surface area contributed by atoms with E-state index < -0.39 is 5.91 Å². The topological polar surface area (TPSA) is 147 Å². The van der Waals surface area contributed by atoms with Gasteiger partial charge in [-0.15, -0.1) is 10.2 Å². The van der Waals surface area contributed by atoms with Crippen molar-refractivity contribution in [1.82, 2.24) is 19.7 Å². The number of benzene rings is 1. The van der Waals surface area contributed by atoms with Crippen molar-refractivity contribution in [1.29, 1.82) is 0 Å². The van der Waals surface area contributed by atoms with Crippen molar-refractivity contribution >= 4 is 39.3 Å². The van der Waals surface area contributed by atoms with Crippen LogP contribution in [0.1, 0.15) is 16.8 Å². The van der Waals surface area contributed by atoms with E-state index >= 15 is 0 Å². The number of hydrogen-bond donors (Lipinski definition) is 2. The second-order valence-electron chi connectivity index (χ2n) is 6.68. The van der Waals surface area contributed by atoms with E-state index in [9.17, 15) is 9.59 Å². The molecule has 0 fully saturated rings. The van der Waals surface area contributed by atoms with Crippen LogP contribution in [0.5, 0.6) is 0 Å². The number of fused-ring (bicyclic) bond motifs is 1. The summed E-state index contributed by atoms with van der Waals surface area (Å²) in [4.78, 5) is 27.6. The highest BCUT2D eigenvalue weighted by Gasteiger charge is 2.14. The fourth-order valence-corrected chi connectivity index (χ4v) is 3.63. The number of nitrogens with two attached hydrogens (primary N) is 1. The minimum absolute atomic E-state index is 0.0176. The molecule has 166 valence electrons. The summed E-state index contributed by atoms with van der Waals surface area (Å²) in [7, 11) is 0. The van der Waals surface area contributed by atoms with Gasteiger partial charge in [-0.2, -0.15) is 0 Å². The highest BCUT2D eigenvalue weighted by atomic mass is 32.1. The number of nitrogens with zero attached hydrogens (tertiary/aromatic N) is 4. The molecule has 11 nitrogen and oxygen atoms in total. The Bertz CT molecular complexity index is 1200. The van der Waals surface area contributed by atoms with Crippen molar-refractivity contribution < 1.29 is 23.5 Å². The second kappa shape index (κ2) is 10.1. The Morgan fingerprint density at radius 3 is 2.94 bits per heavy atom. The summed E-state index contributed by atoms with van der Waals surface area (Å²) in [6, 6.07) is 8.85. The zero-order valence-corrected chi connectivity index (χ0v) is 17.7. The van der Waals surface area contributed by atoms with Crippen LogP contribution in [0.2, 0.25) is 0 Å². The van der Waals surface area contributed by atoms with Crippen molar-refractivity contribution in [3.8, 4) is 10.8 Å². The lowest BCUT2D eigenvalue weighted by Gasteiger charge is -2.06. The molecule has 0 atom stereocenters. The van der Waals surface area contributed by atoms with Gasteiger partial charge in [0, 0.05) is 12.1 Å². The third-order valence-corrected chi connectivity index (χ3v) is 5.21. The fourth-order valence-electron chi connectivity index (χ4n) is 2.92. The van der Waals surface area contributed by atoms with E-state index in [1.165, 1.54) is 11.3 Å². The minimum atomic E-state index is -0.534. The number of carbonyl (C=O) groups is 2. The first-order chi connectivity index (χ1) is 15.6. The van der Waals surface area contributed by atoms with Gasteiger partial charge >= 0.3 is 0 Å². The maximum Gasteiger partial charge on any atom is 0.257 e. The zero-order chi connectivity index (χ0) is 22.3. The van der Waals surface area contributed by atoms with Gasteiger partial charge in [0.25, 0.3) is 5.91 Å². The number of ether oxygens (including phenoxy) is 2. The van der Waals surface area contributed by atoms with Gasteiger partial charge in [-0.1, -0.05) is 11.3 Å². The lowest BCUT2D eigenvalue weighted by atomic mass is 10.2. The van der Waals surface area contributed by atoms with E-state index in [0.29, 0.717) is 40.1 Å². The highest BCUT2D eigenvalue weighted by Crippen LogP contribution is 2.27. The smallest absolute Gasteiger partial charge is 0.257 e. The third kappa shape index (κ3) is 5.35. The Morgan fingerprint density at radius 1 is 1.22 bits per heavy atom. The molecule has 0 aliphatic heterocycles. The molecular weight excluding hydrogens is 436 g/mol. The number of aryl methyl sites for hydroxylation is 1. The van der Waals surface area contributed by atoms with Crippen molar-refractivity contribution in [2.24, 2.45) is 5.73 Å². The first-order valence-electron chi connectivity index (χ1n) is 9.67. The number of imidazole rings is 1. The van der Waals surface area contributed by atoms with E-state index in [1.54, 1.807) is 36.9 Å². The van der Waals surface area contributed by atoms with Crippen molar-refractivity contribution in [3.05, 3.63) is 48.5 Å². The molecule has 32 heavy (non-hydrogen) atoms. The number of aromatic nitrogens is 4. The lowest BCUT2D eigenvalue weighted by Crippen LogP contribution is -2.19. The molecule has 0 aliphatic carbocycles. The van der Waals surface area contributed by atoms with Crippen LogP contribution < -0.4 is 11.1 Å². The molecular formula is C20H20N6O5S. The van der Waals surface area contributed by atoms with E-state index in [0.717, 1.165) is 11.9 Å². The molecule has 0 spiro atoms. The number of rotatable bonds is 11. The Kier molecular flexibility index (Phi) is 6.84. The van der Waals surface area contributed by atoms with Gasteiger partial charge in [-0.25, -0.2) is 4.98 Å². The maximum atomic E-state index is 12.6. The maximum absolute atomic E-state index is 12.6. The second-order valence-corrected chi connectivity index (χ2v) is 7.66. The lowest BCUT2D eigenvalue weighted by molar-refractivity contribution is -0.128. The molecule has 4 aromatic rings. The van der Waals surface area contributed by atoms with E-state index in [4.69, 9.17) is 19.6 Å². The highest BCUT2D eigenvalue weighted by molar-refractivity contribution is 7.18. The Balaban J connectivity index is 1.31. The van der Waals surface area contributed by atoms with Crippen LogP contribution in [0, 0.1) is 0 Å². The average molecular weight is 456 g/mol. The fraction of sp³-hybridized carbons (Fsp3) is 0.250. The number of anilines is 1. The molecule has 3 aromatic heterocycles. The average Bonchev–Trinajstić information content (AvgIpc) is 3.53. The summed E-state index contributed by atoms with van der Waals surface area (Å²) in [5, 5.41) is 11.7. The summed E-state index contributed by atoms with van der Waals surface area (Å²) in [5.41, 5.74) is 7.05. The van der Waals surface area contributed by atoms with E-state index in [2.05, 4.69) is 20.5 Å². The van der Waals surface area contributed by atoms with Crippen LogP contribution in [0.25, 0.3) is 21.8 Å². The predicted octanol–water partition coefficient (Wildman–Crippen LogP) is 2.27. The van der Waals surface area contributed by atoms with Gasteiger partial charge in [0.2, 0.25) is 11.0 Å². The van der Waals surface area contributed by atoms with Crippen LogP contribution in [0.15, 0.2) is 47.3 Å². The first kappa shape index (κ1) is 21.6. The van der Waals surface area contributed by atoms with Crippen LogP contribution in [0.3, 0.4) is 0 Å². The standard InChI is InChI=1S/C20H20N6O5S/c21-17(27)10-30-12-29-7-2-6-26-11-22-14-9-13(4-5-15(14)26)18(28)23-20-25-24-19(32-20)16-3-1-8-31-16/h1,3-5,8-9,11H,2,6-7,10,12H2,(H2,21,27)(H,23,25,28). The van der Waals surface area contributed by atoms with Crippen molar-refractivity contribution in [2.75, 3.05) is 25.3 Å². The van der Waals surface area contributed by atoms with Gasteiger partial charge in [-0.3, -0.25) is 14.9 Å². The molecule has 12 heteroatoms. The summed E-state index contributed by atoms with van der Waals surface area (Å²) in [5.74, 6) is -0.236. The molecule has 0 saturated heterocycles. The molecule has 4 rings (SSSR count). The van der Waals surface area contributed by atoms with Gasteiger partial charge in [0.1, 0.15) is 13.4 Å². The summed E-state index contributed by atoms with van der Waals surface area (Å²) in [6.07, 6.45) is 4.00. The summed E-state index contributed by atoms with van der Waals surface area (Å²) in [6.45, 7) is 0.995. The van der Waals surface area contributed by atoms with Crippen molar-refractivity contribution in [2.45, 2.75) is 13.0 Å². The number of carbonyl (C=O) groups excluding carboxylic acids is 2. The van der Waals surface area contributed by atoms with Crippen LogP contribution in [-0.2, 0) is 20.8 Å². The Hall–Kier alpha value is -3.61. The number of nitrogens with one attached hydrogen (secondary N) is 1. The van der Waals surface area contributed by atoms with E-state index in [1.807, 2.05) is 10.6 Å². The number of hydrogen-bond acceptors (Lipinski definition) is 9. The molecule has 1 aromatic carbocycles. The molecule has 0 radical (unpaired) electrons.